The first-order valence-corrected chi connectivity index (χ1v) is 5.94. The first-order chi connectivity index (χ1) is 8.96. The quantitative estimate of drug-likeness (QED) is 0.741. The van der Waals surface area contributed by atoms with E-state index in [2.05, 4.69) is 0 Å². The first kappa shape index (κ1) is 15.5. The molecule has 106 valence electrons. The average Bonchev–Trinajstić information content (AvgIpc) is 2.33. The second kappa shape index (κ2) is 6.58. The molecule has 0 fully saturated rings. The molecule has 0 aromatic heterocycles. The zero-order valence-corrected chi connectivity index (χ0v) is 10.7. The van der Waals surface area contributed by atoms with Gasteiger partial charge < -0.3 is 15.6 Å². The number of nitrogens with two attached hydrogens (primary N) is 1. The van der Waals surface area contributed by atoms with E-state index < -0.39 is 23.0 Å². The summed E-state index contributed by atoms with van der Waals surface area (Å²) in [6, 6.07) is 2.68. The second-order valence-corrected chi connectivity index (χ2v) is 4.20. The summed E-state index contributed by atoms with van der Waals surface area (Å²) in [6.07, 6.45) is 0.0512. The Morgan fingerprint density at radius 3 is 2.37 bits per heavy atom. The van der Waals surface area contributed by atoms with Crippen LogP contribution in [0.2, 0.25) is 0 Å². The van der Waals surface area contributed by atoms with Crippen LogP contribution in [0.5, 0.6) is 0 Å². The van der Waals surface area contributed by atoms with E-state index >= 15 is 0 Å². The van der Waals surface area contributed by atoms with Crippen molar-refractivity contribution < 1.29 is 23.4 Å². The van der Waals surface area contributed by atoms with Gasteiger partial charge >= 0.3 is 5.97 Å². The van der Waals surface area contributed by atoms with Gasteiger partial charge in [-0.2, -0.15) is 0 Å². The van der Waals surface area contributed by atoms with Crippen molar-refractivity contribution in [1.29, 1.82) is 0 Å². The van der Waals surface area contributed by atoms with Gasteiger partial charge in [-0.25, -0.2) is 8.78 Å². The standard InChI is InChI=1S/C13H17F2NO3/c1-2-19-4-3-13(8-16,12(17)18)9-5-10(14)7-11(15)6-9/h5-7H,2-4,8,16H2,1H3,(H,17,18). The predicted octanol–water partition coefficient (Wildman–Crippen LogP) is 1.67. The Labute approximate surface area is 110 Å². The van der Waals surface area contributed by atoms with Gasteiger partial charge in [0.15, 0.2) is 0 Å². The van der Waals surface area contributed by atoms with Gasteiger partial charge in [-0.15, -0.1) is 0 Å². The number of rotatable bonds is 7. The van der Waals surface area contributed by atoms with Crippen LogP contribution in [-0.4, -0.2) is 30.8 Å². The Morgan fingerprint density at radius 2 is 1.95 bits per heavy atom. The van der Waals surface area contributed by atoms with E-state index in [9.17, 15) is 18.7 Å². The molecule has 0 amide bonds. The maximum Gasteiger partial charge on any atom is 0.315 e. The normalized spacial score (nSPS) is 14.1. The molecule has 6 heteroatoms. The predicted molar refractivity (Wildman–Crippen MR) is 65.8 cm³/mol. The zero-order valence-electron chi connectivity index (χ0n) is 10.7. The smallest absolute Gasteiger partial charge is 0.315 e. The molecule has 1 unspecified atom stereocenters. The Hall–Kier alpha value is -1.53. The molecule has 0 saturated carbocycles. The van der Waals surface area contributed by atoms with Crippen molar-refractivity contribution >= 4 is 5.97 Å². The van der Waals surface area contributed by atoms with Gasteiger partial charge in [0.05, 0.1) is 0 Å². The van der Waals surface area contributed by atoms with Crippen molar-refractivity contribution in [2.45, 2.75) is 18.8 Å². The van der Waals surface area contributed by atoms with E-state index in [0.717, 1.165) is 12.1 Å². The Bertz CT molecular complexity index is 433. The van der Waals surface area contributed by atoms with Crippen molar-refractivity contribution in [1.82, 2.24) is 0 Å². The summed E-state index contributed by atoms with van der Waals surface area (Å²) in [7, 11) is 0. The number of carbonyl (C=O) groups is 1. The number of benzene rings is 1. The van der Waals surface area contributed by atoms with Gasteiger partial charge in [0.25, 0.3) is 0 Å². The zero-order chi connectivity index (χ0) is 14.5. The molecule has 0 aliphatic rings. The van der Waals surface area contributed by atoms with Crippen LogP contribution in [-0.2, 0) is 14.9 Å². The molecule has 0 aliphatic carbocycles. The van der Waals surface area contributed by atoms with Gasteiger partial charge in [-0.05, 0) is 31.0 Å². The second-order valence-electron chi connectivity index (χ2n) is 4.20. The maximum atomic E-state index is 13.2. The molecule has 1 aromatic rings. The summed E-state index contributed by atoms with van der Waals surface area (Å²) in [5.74, 6) is -2.88. The van der Waals surface area contributed by atoms with E-state index in [1.165, 1.54) is 0 Å². The third-order valence-corrected chi connectivity index (χ3v) is 3.05. The third kappa shape index (κ3) is 3.48. The molecule has 19 heavy (non-hydrogen) atoms. The van der Waals surface area contributed by atoms with Crippen LogP contribution in [0.3, 0.4) is 0 Å². The molecular weight excluding hydrogens is 256 g/mol. The fraction of sp³-hybridized carbons (Fsp3) is 0.462. The van der Waals surface area contributed by atoms with Crippen LogP contribution in [0.25, 0.3) is 0 Å². The van der Waals surface area contributed by atoms with Gasteiger partial charge in [0, 0.05) is 25.8 Å². The van der Waals surface area contributed by atoms with E-state index in [1.807, 2.05) is 0 Å². The highest BCUT2D eigenvalue weighted by Gasteiger charge is 2.39. The molecule has 0 spiro atoms. The van der Waals surface area contributed by atoms with Crippen LogP contribution in [0.4, 0.5) is 8.78 Å². The fourth-order valence-corrected chi connectivity index (χ4v) is 1.90. The molecule has 0 heterocycles. The molecule has 1 atom stereocenters. The summed E-state index contributed by atoms with van der Waals surface area (Å²) < 4.78 is 31.6. The van der Waals surface area contributed by atoms with Gasteiger partial charge in [-0.1, -0.05) is 0 Å². The van der Waals surface area contributed by atoms with Crippen LogP contribution >= 0.6 is 0 Å². The summed E-state index contributed by atoms with van der Waals surface area (Å²) in [5, 5.41) is 9.38. The van der Waals surface area contributed by atoms with Crippen molar-refractivity contribution in [3.63, 3.8) is 0 Å². The highest BCUT2D eigenvalue weighted by atomic mass is 19.1. The molecular formula is C13H17F2NO3. The monoisotopic (exact) mass is 273 g/mol. The van der Waals surface area contributed by atoms with E-state index in [0.29, 0.717) is 12.7 Å². The molecule has 1 aromatic carbocycles. The van der Waals surface area contributed by atoms with Crippen LogP contribution < -0.4 is 5.73 Å². The molecule has 0 radical (unpaired) electrons. The minimum absolute atomic E-state index is 0.0136. The highest BCUT2D eigenvalue weighted by molar-refractivity contribution is 5.81. The number of carboxylic acid groups (broad SMARTS) is 1. The van der Waals surface area contributed by atoms with E-state index in [1.54, 1.807) is 6.92 Å². The van der Waals surface area contributed by atoms with Crippen molar-refractivity contribution in [3.05, 3.63) is 35.4 Å². The Balaban J connectivity index is 3.17. The summed E-state index contributed by atoms with van der Waals surface area (Å²) in [6.45, 7) is 2.08. The third-order valence-electron chi connectivity index (χ3n) is 3.05. The van der Waals surface area contributed by atoms with Crippen molar-refractivity contribution in [3.8, 4) is 0 Å². The number of hydrogen-bond donors (Lipinski definition) is 2. The summed E-state index contributed by atoms with van der Waals surface area (Å²) in [5.41, 5.74) is 4.01. The van der Waals surface area contributed by atoms with E-state index in [4.69, 9.17) is 10.5 Å². The molecule has 0 saturated heterocycles. The van der Waals surface area contributed by atoms with Crippen LogP contribution in [0, 0.1) is 11.6 Å². The van der Waals surface area contributed by atoms with Crippen LogP contribution in [0.15, 0.2) is 18.2 Å². The lowest BCUT2D eigenvalue weighted by Crippen LogP contribution is -2.44. The fourth-order valence-electron chi connectivity index (χ4n) is 1.90. The lowest BCUT2D eigenvalue weighted by atomic mass is 9.77. The van der Waals surface area contributed by atoms with Gasteiger partial charge in [0.2, 0.25) is 0 Å². The SMILES string of the molecule is CCOCCC(CN)(C(=O)O)c1cc(F)cc(F)c1. The Kier molecular flexibility index (Phi) is 5.38. The molecule has 0 aliphatic heterocycles. The number of carboxylic acids is 1. The van der Waals surface area contributed by atoms with Crippen molar-refractivity contribution in [2.24, 2.45) is 5.73 Å². The van der Waals surface area contributed by atoms with Gasteiger partial charge in [0.1, 0.15) is 17.0 Å². The number of hydrogen-bond acceptors (Lipinski definition) is 3. The van der Waals surface area contributed by atoms with E-state index in [-0.39, 0.29) is 25.1 Å². The minimum atomic E-state index is -1.54. The minimum Gasteiger partial charge on any atom is -0.481 e. The first-order valence-electron chi connectivity index (χ1n) is 5.94. The maximum absolute atomic E-state index is 13.2. The van der Waals surface area contributed by atoms with Gasteiger partial charge in [-0.3, -0.25) is 4.79 Å². The van der Waals surface area contributed by atoms with Crippen molar-refractivity contribution in [2.75, 3.05) is 19.8 Å². The molecule has 4 nitrogen and oxygen atoms in total. The molecule has 3 N–H and O–H groups in total. The lowest BCUT2D eigenvalue weighted by Gasteiger charge is -2.28. The lowest BCUT2D eigenvalue weighted by molar-refractivity contribution is -0.144. The number of aliphatic carboxylic acids is 1. The summed E-state index contributed by atoms with van der Waals surface area (Å²) in [4.78, 5) is 11.5. The topological polar surface area (TPSA) is 72.5 Å². The number of ether oxygens (including phenoxy) is 1. The summed E-state index contributed by atoms with van der Waals surface area (Å²) >= 11 is 0. The highest BCUT2D eigenvalue weighted by Crippen LogP contribution is 2.29. The average molecular weight is 273 g/mol. The molecule has 1 rings (SSSR count). The number of halogens is 2. The largest absolute Gasteiger partial charge is 0.481 e. The van der Waals surface area contributed by atoms with Crippen LogP contribution in [0.1, 0.15) is 18.9 Å². The Morgan fingerprint density at radius 1 is 1.37 bits per heavy atom. The molecule has 0 bridgehead atoms.